The van der Waals surface area contributed by atoms with Gasteiger partial charge in [-0.25, -0.2) is 9.37 Å². The molecule has 0 saturated heterocycles. The average Bonchev–Trinajstić information content (AvgIpc) is 2.88. The van der Waals surface area contributed by atoms with Crippen molar-refractivity contribution in [1.82, 2.24) is 14.5 Å². The first kappa shape index (κ1) is 15.0. The molecule has 0 saturated carbocycles. The Labute approximate surface area is 123 Å². The third kappa shape index (κ3) is 3.78. The zero-order valence-electron chi connectivity index (χ0n) is 12.0. The van der Waals surface area contributed by atoms with Gasteiger partial charge in [-0.15, -0.1) is 6.58 Å². The molecule has 0 unspecified atom stereocenters. The number of hydrogen-bond donors (Lipinski definition) is 0. The number of hydrogen-bond acceptors (Lipinski definition) is 2. The standard InChI is InChI=1S/C16H18FN3O/c1-3-9-19(13(2)21)12-16-18-8-10-20(16)11-14-6-4-5-7-15(14)17/h3-8,10H,1,9,11-12H2,2H3. The monoisotopic (exact) mass is 287 g/mol. The summed E-state index contributed by atoms with van der Waals surface area (Å²) in [5.41, 5.74) is 0.592. The second kappa shape index (κ2) is 6.83. The summed E-state index contributed by atoms with van der Waals surface area (Å²) >= 11 is 0. The Balaban J connectivity index is 2.17. The summed E-state index contributed by atoms with van der Waals surface area (Å²) in [4.78, 5) is 17.5. The molecule has 110 valence electrons. The lowest BCUT2D eigenvalue weighted by molar-refractivity contribution is -0.129. The van der Waals surface area contributed by atoms with Crippen LogP contribution < -0.4 is 0 Å². The molecule has 1 aromatic heterocycles. The molecule has 2 aromatic rings. The molecule has 2 rings (SSSR count). The summed E-state index contributed by atoms with van der Waals surface area (Å²) in [5.74, 6) is 0.428. The largest absolute Gasteiger partial charge is 0.332 e. The second-order valence-corrected chi connectivity index (χ2v) is 4.75. The third-order valence-corrected chi connectivity index (χ3v) is 3.23. The molecular weight excluding hydrogens is 269 g/mol. The third-order valence-electron chi connectivity index (χ3n) is 3.23. The van der Waals surface area contributed by atoms with E-state index < -0.39 is 0 Å². The van der Waals surface area contributed by atoms with Gasteiger partial charge in [-0.1, -0.05) is 24.3 Å². The molecule has 0 radical (unpaired) electrons. The van der Waals surface area contributed by atoms with Crippen molar-refractivity contribution in [2.45, 2.75) is 20.0 Å². The van der Waals surface area contributed by atoms with Crippen LogP contribution in [0.3, 0.4) is 0 Å². The zero-order valence-corrected chi connectivity index (χ0v) is 12.0. The van der Waals surface area contributed by atoms with Gasteiger partial charge in [0.25, 0.3) is 0 Å². The van der Waals surface area contributed by atoms with Crippen LogP contribution in [0.1, 0.15) is 18.3 Å². The lowest BCUT2D eigenvalue weighted by Gasteiger charge is -2.19. The van der Waals surface area contributed by atoms with E-state index in [0.29, 0.717) is 25.2 Å². The molecule has 5 heteroatoms. The molecular formula is C16H18FN3O. The van der Waals surface area contributed by atoms with E-state index in [0.717, 1.165) is 5.82 Å². The number of aromatic nitrogens is 2. The lowest BCUT2D eigenvalue weighted by atomic mass is 10.2. The molecule has 0 aliphatic carbocycles. The normalized spacial score (nSPS) is 10.4. The molecule has 1 heterocycles. The van der Waals surface area contributed by atoms with Crippen molar-refractivity contribution in [3.63, 3.8) is 0 Å². The maximum atomic E-state index is 13.7. The number of rotatable bonds is 6. The highest BCUT2D eigenvalue weighted by molar-refractivity contribution is 5.73. The van der Waals surface area contributed by atoms with Crippen LogP contribution in [-0.2, 0) is 17.9 Å². The number of carbonyl (C=O) groups excluding carboxylic acids is 1. The molecule has 1 aromatic carbocycles. The van der Waals surface area contributed by atoms with E-state index in [9.17, 15) is 9.18 Å². The Hall–Kier alpha value is -2.43. The SMILES string of the molecule is C=CCN(Cc1nccn1Cc1ccccc1F)C(C)=O. The fraction of sp³-hybridized carbons (Fsp3) is 0.250. The molecule has 0 fully saturated rings. The van der Waals surface area contributed by atoms with E-state index in [2.05, 4.69) is 11.6 Å². The maximum absolute atomic E-state index is 13.7. The predicted molar refractivity (Wildman–Crippen MR) is 79.0 cm³/mol. The summed E-state index contributed by atoms with van der Waals surface area (Å²) < 4.78 is 15.6. The van der Waals surface area contributed by atoms with Crippen LogP contribution in [0.2, 0.25) is 0 Å². The minimum absolute atomic E-state index is 0.0460. The van der Waals surface area contributed by atoms with Crippen molar-refractivity contribution in [2.24, 2.45) is 0 Å². The Morgan fingerprint density at radius 3 is 2.90 bits per heavy atom. The minimum Gasteiger partial charge on any atom is -0.332 e. The van der Waals surface area contributed by atoms with Crippen molar-refractivity contribution in [3.05, 3.63) is 66.5 Å². The first-order valence-electron chi connectivity index (χ1n) is 6.71. The molecule has 4 nitrogen and oxygen atoms in total. The average molecular weight is 287 g/mol. The first-order chi connectivity index (χ1) is 10.1. The highest BCUT2D eigenvalue weighted by Crippen LogP contribution is 2.11. The molecule has 1 amide bonds. The highest BCUT2D eigenvalue weighted by atomic mass is 19.1. The van der Waals surface area contributed by atoms with E-state index in [1.807, 2.05) is 4.57 Å². The Kier molecular flexibility index (Phi) is 4.87. The summed E-state index contributed by atoms with van der Waals surface area (Å²) in [6.07, 6.45) is 5.11. The minimum atomic E-state index is -0.244. The summed E-state index contributed by atoms with van der Waals surface area (Å²) in [7, 11) is 0. The van der Waals surface area contributed by atoms with E-state index >= 15 is 0 Å². The van der Waals surface area contributed by atoms with E-state index in [1.54, 1.807) is 41.6 Å². The maximum Gasteiger partial charge on any atom is 0.220 e. The number of nitrogens with zero attached hydrogens (tertiary/aromatic N) is 3. The quantitative estimate of drug-likeness (QED) is 0.766. The van der Waals surface area contributed by atoms with Crippen molar-refractivity contribution >= 4 is 5.91 Å². The van der Waals surface area contributed by atoms with Gasteiger partial charge in [0.1, 0.15) is 11.6 Å². The Bertz CT molecular complexity index is 636. The molecule has 21 heavy (non-hydrogen) atoms. The lowest BCUT2D eigenvalue weighted by Crippen LogP contribution is -2.29. The predicted octanol–water partition coefficient (Wildman–Crippen LogP) is 2.61. The van der Waals surface area contributed by atoms with Crippen LogP contribution in [0.5, 0.6) is 0 Å². The van der Waals surface area contributed by atoms with Crippen LogP contribution in [-0.4, -0.2) is 26.9 Å². The fourth-order valence-electron chi connectivity index (χ4n) is 2.08. The van der Waals surface area contributed by atoms with Crippen LogP contribution in [0, 0.1) is 5.82 Å². The van der Waals surface area contributed by atoms with Gasteiger partial charge in [0, 0.05) is 31.4 Å². The number of benzene rings is 1. The molecule has 0 N–H and O–H groups in total. The molecule has 0 atom stereocenters. The second-order valence-electron chi connectivity index (χ2n) is 4.75. The molecule has 0 aliphatic rings. The molecule has 0 bridgehead atoms. The number of carbonyl (C=O) groups is 1. The molecule has 0 spiro atoms. The number of imidazole rings is 1. The Morgan fingerprint density at radius 1 is 1.48 bits per heavy atom. The summed E-state index contributed by atoms with van der Waals surface area (Å²) in [6.45, 7) is 6.38. The van der Waals surface area contributed by atoms with Crippen LogP contribution in [0.25, 0.3) is 0 Å². The van der Waals surface area contributed by atoms with Crippen LogP contribution >= 0.6 is 0 Å². The van der Waals surface area contributed by atoms with Gasteiger partial charge in [0.2, 0.25) is 5.91 Å². The van der Waals surface area contributed by atoms with Crippen molar-refractivity contribution < 1.29 is 9.18 Å². The first-order valence-corrected chi connectivity index (χ1v) is 6.71. The fourth-order valence-corrected chi connectivity index (χ4v) is 2.08. The molecule has 0 aliphatic heterocycles. The number of amides is 1. The van der Waals surface area contributed by atoms with Crippen LogP contribution in [0.15, 0.2) is 49.3 Å². The van der Waals surface area contributed by atoms with Crippen molar-refractivity contribution in [1.29, 1.82) is 0 Å². The van der Waals surface area contributed by atoms with Crippen LogP contribution in [0.4, 0.5) is 4.39 Å². The van der Waals surface area contributed by atoms with E-state index in [1.165, 1.54) is 13.0 Å². The number of halogens is 1. The van der Waals surface area contributed by atoms with Gasteiger partial charge < -0.3 is 9.47 Å². The van der Waals surface area contributed by atoms with Crippen molar-refractivity contribution in [3.8, 4) is 0 Å². The van der Waals surface area contributed by atoms with Gasteiger partial charge in [-0.2, -0.15) is 0 Å². The van der Waals surface area contributed by atoms with Gasteiger partial charge >= 0.3 is 0 Å². The highest BCUT2D eigenvalue weighted by Gasteiger charge is 2.12. The van der Waals surface area contributed by atoms with Gasteiger partial charge in [-0.05, 0) is 6.07 Å². The van der Waals surface area contributed by atoms with Crippen molar-refractivity contribution in [2.75, 3.05) is 6.54 Å². The summed E-state index contributed by atoms with van der Waals surface area (Å²) in [5, 5.41) is 0. The summed E-state index contributed by atoms with van der Waals surface area (Å²) in [6, 6.07) is 6.64. The zero-order chi connectivity index (χ0) is 15.2. The van der Waals surface area contributed by atoms with E-state index in [4.69, 9.17) is 0 Å². The Morgan fingerprint density at radius 2 is 2.24 bits per heavy atom. The van der Waals surface area contributed by atoms with Gasteiger partial charge in [0.15, 0.2) is 0 Å². The van der Waals surface area contributed by atoms with Gasteiger partial charge in [0.05, 0.1) is 13.1 Å². The van der Waals surface area contributed by atoms with E-state index in [-0.39, 0.29) is 11.7 Å². The van der Waals surface area contributed by atoms with Gasteiger partial charge in [-0.3, -0.25) is 4.79 Å². The topological polar surface area (TPSA) is 38.1 Å². The smallest absolute Gasteiger partial charge is 0.220 e.